The molecule has 2 N–H and O–H groups in total. The Balaban J connectivity index is 1.98. The van der Waals surface area contributed by atoms with Gasteiger partial charge >= 0.3 is 0 Å². The molecule has 0 fully saturated rings. The van der Waals surface area contributed by atoms with Crippen molar-refractivity contribution in [2.75, 3.05) is 13.7 Å². The first-order valence-corrected chi connectivity index (χ1v) is 8.36. The van der Waals surface area contributed by atoms with Gasteiger partial charge in [-0.2, -0.15) is 4.39 Å². The molecule has 0 atom stereocenters. The Kier molecular flexibility index (Phi) is 3.63. The van der Waals surface area contributed by atoms with Gasteiger partial charge in [0.05, 0.1) is 27.5 Å². The van der Waals surface area contributed by atoms with Gasteiger partial charge in [0.1, 0.15) is 5.52 Å². The zero-order valence-corrected chi connectivity index (χ0v) is 14.8. The van der Waals surface area contributed by atoms with Crippen LogP contribution in [-0.4, -0.2) is 34.5 Å². The van der Waals surface area contributed by atoms with Gasteiger partial charge < -0.3 is 15.0 Å². The molecule has 0 bridgehead atoms. The molecule has 4 heterocycles. The molecule has 6 nitrogen and oxygen atoms in total. The van der Waals surface area contributed by atoms with E-state index in [0.717, 1.165) is 21.4 Å². The van der Waals surface area contributed by atoms with Crippen LogP contribution in [0.15, 0.2) is 18.3 Å². The van der Waals surface area contributed by atoms with Crippen LogP contribution >= 0.6 is 22.6 Å². The number of ether oxygens (including phenoxy) is 1. The Hall–Kier alpha value is -2.23. The van der Waals surface area contributed by atoms with Crippen LogP contribution in [0, 0.1) is 9.52 Å². The van der Waals surface area contributed by atoms with Crippen LogP contribution < -0.4 is 10.1 Å². The van der Waals surface area contributed by atoms with Gasteiger partial charge in [0, 0.05) is 36.5 Å². The van der Waals surface area contributed by atoms with Crippen LogP contribution in [0.1, 0.15) is 16.1 Å². The van der Waals surface area contributed by atoms with Crippen LogP contribution in [0.25, 0.3) is 22.3 Å². The summed E-state index contributed by atoms with van der Waals surface area (Å²) in [6.45, 7) is 0.600. The number of H-pyrrole nitrogens is 1. The maximum atomic E-state index is 14.1. The van der Waals surface area contributed by atoms with E-state index in [0.29, 0.717) is 28.7 Å². The van der Waals surface area contributed by atoms with Crippen molar-refractivity contribution < 1.29 is 13.9 Å². The van der Waals surface area contributed by atoms with Gasteiger partial charge in [-0.15, -0.1) is 0 Å². The van der Waals surface area contributed by atoms with Gasteiger partial charge in [-0.1, -0.05) is 0 Å². The van der Waals surface area contributed by atoms with Gasteiger partial charge in [0.25, 0.3) is 11.9 Å². The second kappa shape index (κ2) is 5.69. The first-order chi connectivity index (χ1) is 11.6. The quantitative estimate of drug-likeness (QED) is 0.477. The molecule has 1 aliphatic heterocycles. The van der Waals surface area contributed by atoms with Crippen molar-refractivity contribution in [3.05, 3.63) is 39.1 Å². The summed E-state index contributed by atoms with van der Waals surface area (Å²) in [5, 5.41) is 2.84. The van der Waals surface area contributed by atoms with Gasteiger partial charge in [-0.3, -0.25) is 9.78 Å². The van der Waals surface area contributed by atoms with Crippen molar-refractivity contribution in [3.63, 3.8) is 0 Å². The molecule has 0 aromatic carbocycles. The number of hydrogen-bond donors (Lipinski definition) is 2. The van der Waals surface area contributed by atoms with E-state index in [2.05, 4.69) is 42.9 Å². The van der Waals surface area contributed by atoms with Crippen LogP contribution in [-0.2, 0) is 6.42 Å². The summed E-state index contributed by atoms with van der Waals surface area (Å²) < 4.78 is 19.8. The van der Waals surface area contributed by atoms with E-state index in [1.165, 1.54) is 13.2 Å². The van der Waals surface area contributed by atoms with Crippen molar-refractivity contribution in [3.8, 4) is 17.0 Å². The summed E-state index contributed by atoms with van der Waals surface area (Å²) in [5.74, 6) is -0.738. The highest BCUT2D eigenvalue weighted by Crippen LogP contribution is 2.35. The van der Waals surface area contributed by atoms with E-state index < -0.39 is 5.95 Å². The molecule has 24 heavy (non-hydrogen) atoms. The molecule has 1 amide bonds. The van der Waals surface area contributed by atoms with Crippen LogP contribution in [0.5, 0.6) is 5.75 Å². The zero-order valence-electron chi connectivity index (χ0n) is 12.6. The first-order valence-electron chi connectivity index (χ1n) is 7.28. The lowest BCUT2D eigenvalue weighted by molar-refractivity contribution is 0.0945. The van der Waals surface area contributed by atoms with E-state index in [9.17, 15) is 9.18 Å². The maximum Gasteiger partial charge on any atom is 0.255 e. The molecule has 0 unspecified atom stereocenters. The molecule has 0 radical (unpaired) electrons. The van der Waals surface area contributed by atoms with Crippen LogP contribution in [0.4, 0.5) is 4.39 Å². The molecular weight excluding hydrogens is 426 g/mol. The summed E-state index contributed by atoms with van der Waals surface area (Å²) in [5.41, 5.74) is 3.94. The number of nitrogens with one attached hydrogen (secondary N) is 2. The number of pyridine rings is 2. The van der Waals surface area contributed by atoms with Crippen molar-refractivity contribution >= 4 is 39.5 Å². The topological polar surface area (TPSA) is 79.9 Å². The molecule has 3 aromatic rings. The van der Waals surface area contributed by atoms with Crippen LogP contribution in [0.3, 0.4) is 0 Å². The highest BCUT2D eigenvalue weighted by atomic mass is 127. The predicted molar refractivity (Wildman–Crippen MR) is 94.6 cm³/mol. The lowest BCUT2D eigenvalue weighted by Gasteiger charge is -2.11. The number of rotatable bonds is 2. The van der Waals surface area contributed by atoms with Gasteiger partial charge in [0.2, 0.25) is 0 Å². The van der Waals surface area contributed by atoms with E-state index in [1.54, 1.807) is 12.3 Å². The summed E-state index contributed by atoms with van der Waals surface area (Å²) in [6, 6.07) is 3.28. The number of amides is 1. The molecule has 1 aliphatic rings. The zero-order chi connectivity index (χ0) is 16.8. The van der Waals surface area contributed by atoms with E-state index in [-0.39, 0.29) is 11.7 Å². The second-order valence-electron chi connectivity index (χ2n) is 5.38. The SMILES string of the molecule is COc1cc2nccc(-c3[nH]c4c(c3I)C(=O)NCC4)c2nc1F. The van der Waals surface area contributed by atoms with Crippen molar-refractivity contribution in [2.24, 2.45) is 0 Å². The average molecular weight is 438 g/mol. The summed E-state index contributed by atoms with van der Waals surface area (Å²) >= 11 is 2.13. The Morgan fingerprint density at radius 3 is 3.00 bits per heavy atom. The molecule has 122 valence electrons. The molecule has 3 aromatic heterocycles. The fourth-order valence-corrected chi connectivity index (χ4v) is 3.90. The normalized spacial score (nSPS) is 13.7. The summed E-state index contributed by atoms with van der Waals surface area (Å²) in [7, 11) is 1.39. The average Bonchev–Trinajstić information content (AvgIpc) is 2.92. The van der Waals surface area contributed by atoms with Gasteiger partial charge in [0.15, 0.2) is 5.75 Å². The molecule has 0 saturated heterocycles. The standard InChI is InChI=1S/C16H12FIN4O2/c1-24-10-6-9-13(22-15(10)17)7(2-4-19-9)14-12(18)11-8(21-14)3-5-20-16(11)23/h2,4,6,21H,3,5H2,1H3,(H,20,23). The predicted octanol–water partition coefficient (Wildman–Crippen LogP) is 2.66. The number of methoxy groups -OCH3 is 1. The number of carbonyl (C=O) groups excluding carboxylic acids is 1. The van der Waals surface area contributed by atoms with Gasteiger partial charge in [-0.25, -0.2) is 4.98 Å². The minimum Gasteiger partial charge on any atom is -0.492 e. The molecule has 0 spiro atoms. The monoisotopic (exact) mass is 438 g/mol. The third-order valence-corrected chi connectivity index (χ3v) is 5.11. The molecule has 4 rings (SSSR count). The Labute approximate surface area is 150 Å². The highest BCUT2D eigenvalue weighted by Gasteiger charge is 2.26. The van der Waals surface area contributed by atoms with Gasteiger partial charge in [-0.05, 0) is 28.7 Å². The largest absolute Gasteiger partial charge is 0.492 e. The highest BCUT2D eigenvalue weighted by molar-refractivity contribution is 14.1. The Morgan fingerprint density at radius 2 is 2.25 bits per heavy atom. The first kappa shape index (κ1) is 15.3. The number of hydrogen-bond acceptors (Lipinski definition) is 4. The summed E-state index contributed by atoms with van der Waals surface area (Å²) in [4.78, 5) is 23.7. The van der Waals surface area contributed by atoms with Crippen molar-refractivity contribution in [2.45, 2.75) is 6.42 Å². The molecule has 8 heteroatoms. The van der Waals surface area contributed by atoms with Crippen molar-refractivity contribution in [1.82, 2.24) is 20.3 Å². The third kappa shape index (κ3) is 2.24. The number of aromatic amines is 1. The third-order valence-electron chi connectivity index (χ3n) is 4.03. The number of fused-ring (bicyclic) bond motifs is 2. The smallest absolute Gasteiger partial charge is 0.255 e. The molecule has 0 aliphatic carbocycles. The lowest BCUT2D eigenvalue weighted by Crippen LogP contribution is -2.31. The Bertz CT molecular complexity index is 986. The van der Waals surface area contributed by atoms with Crippen molar-refractivity contribution in [1.29, 1.82) is 0 Å². The number of halogens is 2. The van der Waals surface area contributed by atoms with Crippen LogP contribution in [0.2, 0.25) is 0 Å². The lowest BCUT2D eigenvalue weighted by atomic mass is 10.1. The fourth-order valence-electron chi connectivity index (χ4n) is 2.90. The van der Waals surface area contributed by atoms with E-state index in [1.807, 2.05) is 0 Å². The Morgan fingerprint density at radius 1 is 1.42 bits per heavy atom. The molecule has 0 saturated carbocycles. The maximum absolute atomic E-state index is 14.1. The summed E-state index contributed by atoms with van der Waals surface area (Å²) in [6.07, 6.45) is 2.36. The molecular formula is C16H12FIN4O2. The number of aromatic nitrogens is 3. The fraction of sp³-hybridized carbons (Fsp3) is 0.188. The minimum absolute atomic E-state index is 0.0482. The number of nitrogens with zero attached hydrogens (tertiary/aromatic N) is 2. The van der Waals surface area contributed by atoms with E-state index in [4.69, 9.17) is 4.74 Å². The number of carbonyl (C=O) groups is 1. The second-order valence-corrected chi connectivity index (χ2v) is 6.46. The minimum atomic E-state index is -0.691. The van der Waals surface area contributed by atoms with E-state index >= 15 is 0 Å².